The number of hydrogen-bond donors (Lipinski definition) is 0. The molecule has 7 rings (SSSR count). The van der Waals surface area contributed by atoms with Gasteiger partial charge in [0.2, 0.25) is 0 Å². The van der Waals surface area contributed by atoms with E-state index in [1.165, 1.54) is 55.6 Å². The lowest BCUT2D eigenvalue weighted by Gasteiger charge is -2.36. The second kappa shape index (κ2) is 16.4. The summed E-state index contributed by atoms with van der Waals surface area (Å²) < 4.78 is 24.7. The molecule has 2 fully saturated rings. The monoisotopic (exact) mass is 686 g/mol. The standard InChI is InChI=1S/C47H58O4/c1-5-9-17-33-25-37(26-34(18-10-6-2)45(33)50-31-39-29-48-39)47(43-23-15-13-21-41(43)42-22-14-16-24-44(42)47)38-27-35(19-11-7-3)46(51-32-40-30-49-40)36(28-38)20-12-8-4/h13-16,21-28,39-40H,5-12,17-20,29-32H2,1-4H3. The normalized spacial score (nSPS) is 18.0. The zero-order valence-corrected chi connectivity index (χ0v) is 31.5. The zero-order chi connectivity index (χ0) is 35.2. The molecule has 0 spiro atoms. The van der Waals surface area contributed by atoms with Gasteiger partial charge >= 0.3 is 0 Å². The first kappa shape index (κ1) is 35.8. The summed E-state index contributed by atoms with van der Waals surface area (Å²) in [6, 6.07) is 28.5. The Kier molecular flexibility index (Phi) is 11.5. The number of benzene rings is 4. The summed E-state index contributed by atoms with van der Waals surface area (Å²) in [4.78, 5) is 0. The SMILES string of the molecule is CCCCc1cc(C2(c3cc(CCCC)c(OCC4CO4)c(CCCC)c3)c3ccccc3-c3ccccc32)cc(CCCC)c1OCC1CO1. The van der Waals surface area contributed by atoms with Crippen molar-refractivity contribution in [2.75, 3.05) is 26.4 Å². The molecule has 4 heteroatoms. The van der Waals surface area contributed by atoms with E-state index in [-0.39, 0.29) is 12.2 Å². The average molecular weight is 687 g/mol. The van der Waals surface area contributed by atoms with Crippen molar-refractivity contribution in [3.05, 3.63) is 117 Å². The maximum absolute atomic E-state index is 6.72. The molecule has 2 aliphatic heterocycles. The summed E-state index contributed by atoms with van der Waals surface area (Å²) in [6.07, 6.45) is 13.6. The van der Waals surface area contributed by atoms with Gasteiger partial charge in [-0.1, -0.05) is 126 Å². The molecular weight excluding hydrogens is 629 g/mol. The fourth-order valence-electron chi connectivity index (χ4n) is 8.23. The predicted molar refractivity (Wildman–Crippen MR) is 209 cm³/mol. The van der Waals surface area contributed by atoms with Gasteiger partial charge in [0.25, 0.3) is 0 Å². The van der Waals surface area contributed by atoms with E-state index in [4.69, 9.17) is 18.9 Å². The van der Waals surface area contributed by atoms with Gasteiger partial charge < -0.3 is 18.9 Å². The smallest absolute Gasteiger partial charge is 0.125 e. The summed E-state index contributed by atoms with van der Waals surface area (Å²) in [5, 5.41) is 0. The van der Waals surface area contributed by atoms with E-state index in [1.54, 1.807) is 0 Å². The van der Waals surface area contributed by atoms with Crippen LogP contribution >= 0.6 is 0 Å². The van der Waals surface area contributed by atoms with E-state index in [0.717, 1.165) is 102 Å². The number of hydrogen-bond acceptors (Lipinski definition) is 4. The van der Waals surface area contributed by atoms with Crippen molar-refractivity contribution < 1.29 is 18.9 Å². The second-order valence-electron chi connectivity index (χ2n) is 15.0. The van der Waals surface area contributed by atoms with Crippen LogP contribution in [0.15, 0.2) is 72.8 Å². The molecular formula is C47H58O4. The van der Waals surface area contributed by atoms with Crippen molar-refractivity contribution in [1.29, 1.82) is 0 Å². The van der Waals surface area contributed by atoms with E-state index in [1.807, 2.05) is 0 Å². The third-order valence-corrected chi connectivity index (χ3v) is 11.1. The lowest BCUT2D eigenvalue weighted by atomic mass is 9.66. The van der Waals surface area contributed by atoms with Crippen LogP contribution in [0.4, 0.5) is 0 Å². The third kappa shape index (κ3) is 7.50. The van der Waals surface area contributed by atoms with Gasteiger partial charge in [0.15, 0.2) is 0 Å². The maximum Gasteiger partial charge on any atom is 0.125 e. The minimum atomic E-state index is -0.479. The van der Waals surface area contributed by atoms with Crippen LogP contribution in [0.1, 0.15) is 124 Å². The highest BCUT2D eigenvalue weighted by molar-refractivity contribution is 5.86. The second-order valence-corrected chi connectivity index (χ2v) is 15.0. The van der Waals surface area contributed by atoms with Gasteiger partial charge in [-0.15, -0.1) is 0 Å². The van der Waals surface area contributed by atoms with Crippen LogP contribution in [0.2, 0.25) is 0 Å². The van der Waals surface area contributed by atoms with Gasteiger partial charge in [0.05, 0.1) is 18.6 Å². The van der Waals surface area contributed by atoms with Gasteiger partial charge in [0.1, 0.15) is 36.9 Å². The molecule has 4 aromatic rings. The van der Waals surface area contributed by atoms with Gasteiger partial charge in [-0.2, -0.15) is 0 Å². The van der Waals surface area contributed by atoms with Gasteiger partial charge in [-0.25, -0.2) is 0 Å². The highest BCUT2D eigenvalue weighted by Gasteiger charge is 2.47. The molecule has 4 nitrogen and oxygen atoms in total. The molecule has 0 amide bonds. The predicted octanol–water partition coefficient (Wildman–Crippen LogP) is 11.0. The average Bonchev–Trinajstić information content (AvgIpc) is 4.11. The Morgan fingerprint density at radius 3 is 1.18 bits per heavy atom. The molecule has 2 saturated heterocycles. The molecule has 0 radical (unpaired) electrons. The number of aryl methyl sites for hydroxylation is 4. The van der Waals surface area contributed by atoms with E-state index in [2.05, 4.69) is 100 Å². The van der Waals surface area contributed by atoms with E-state index in [9.17, 15) is 0 Å². The largest absolute Gasteiger partial charge is 0.490 e. The number of fused-ring (bicyclic) bond motifs is 3. The van der Waals surface area contributed by atoms with Crippen molar-refractivity contribution in [3.8, 4) is 22.6 Å². The first-order valence-corrected chi connectivity index (χ1v) is 20.1. The number of ether oxygens (including phenoxy) is 4. The van der Waals surface area contributed by atoms with Gasteiger partial charge in [0, 0.05) is 0 Å². The molecule has 2 heterocycles. The summed E-state index contributed by atoms with van der Waals surface area (Å²) in [5.41, 5.74) is 13.0. The first-order valence-electron chi connectivity index (χ1n) is 20.1. The van der Waals surface area contributed by atoms with E-state index in [0.29, 0.717) is 13.2 Å². The molecule has 4 aromatic carbocycles. The number of rotatable bonds is 20. The quantitative estimate of drug-likeness (QED) is 0.0765. The van der Waals surface area contributed by atoms with Crippen LogP contribution in [-0.4, -0.2) is 38.6 Å². The molecule has 270 valence electrons. The highest BCUT2D eigenvalue weighted by atomic mass is 16.6. The molecule has 0 N–H and O–H groups in total. The highest BCUT2D eigenvalue weighted by Crippen LogP contribution is 2.57. The molecule has 0 saturated carbocycles. The fourth-order valence-corrected chi connectivity index (χ4v) is 8.23. The fraction of sp³-hybridized carbons (Fsp3) is 0.489. The first-order chi connectivity index (χ1) is 25.1. The van der Waals surface area contributed by atoms with Crippen LogP contribution in [0.3, 0.4) is 0 Å². The maximum atomic E-state index is 6.72. The minimum Gasteiger partial charge on any atom is -0.490 e. The number of epoxide rings is 2. The van der Waals surface area contributed by atoms with Crippen LogP contribution in [0, 0.1) is 0 Å². The van der Waals surface area contributed by atoms with Crippen LogP contribution in [0.25, 0.3) is 11.1 Å². The van der Waals surface area contributed by atoms with Gasteiger partial charge in [-0.05, 0) is 107 Å². The Hall–Kier alpha value is -3.60. The number of unbranched alkanes of at least 4 members (excludes halogenated alkanes) is 4. The molecule has 0 aromatic heterocycles. The molecule has 51 heavy (non-hydrogen) atoms. The van der Waals surface area contributed by atoms with Crippen molar-refractivity contribution in [1.82, 2.24) is 0 Å². The molecule has 3 aliphatic rings. The Morgan fingerprint density at radius 1 is 0.529 bits per heavy atom. The van der Waals surface area contributed by atoms with E-state index >= 15 is 0 Å². The summed E-state index contributed by atoms with van der Waals surface area (Å²) in [7, 11) is 0. The molecule has 2 unspecified atom stereocenters. The topological polar surface area (TPSA) is 43.5 Å². The Labute approximate surface area is 306 Å². The summed E-state index contributed by atoms with van der Waals surface area (Å²) >= 11 is 0. The van der Waals surface area contributed by atoms with Crippen LogP contribution in [0.5, 0.6) is 11.5 Å². The lowest BCUT2D eigenvalue weighted by molar-refractivity contribution is 0.258. The Bertz CT molecular complexity index is 1590. The van der Waals surface area contributed by atoms with Crippen LogP contribution < -0.4 is 9.47 Å². The molecule has 2 atom stereocenters. The van der Waals surface area contributed by atoms with Crippen molar-refractivity contribution >= 4 is 0 Å². The lowest BCUT2D eigenvalue weighted by Crippen LogP contribution is -2.30. The minimum absolute atomic E-state index is 0.220. The summed E-state index contributed by atoms with van der Waals surface area (Å²) in [6.45, 7) is 12.0. The summed E-state index contributed by atoms with van der Waals surface area (Å²) in [5.74, 6) is 2.20. The van der Waals surface area contributed by atoms with Crippen LogP contribution in [-0.2, 0) is 40.6 Å². The van der Waals surface area contributed by atoms with Crippen molar-refractivity contribution in [2.24, 2.45) is 0 Å². The Morgan fingerprint density at radius 2 is 0.863 bits per heavy atom. The molecule has 1 aliphatic carbocycles. The van der Waals surface area contributed by atoms with Crippen molar-refractivity contribution in [2.45, 2.75) is 122 Å². The van der Waals surface area contributed by atoms with Gasteiger partial charge in [-0.3, -0.25) is 0 Å². The van der Waals surface area contributed by atoms with E-state index < -0.39 is 5.41 Å². The van der Waals surface area contributed by atoms with Crippen molar-refractivity contribution in [3.63, 3.8) is 0 Å². The molecule has 0 bridgehead atoms. The zero-order valence-electron chi connectivity index (χ0n) is 31.5. The third-order valence-electron chi connectivity index (χ3n) is 11.1. The Balaban J connectivity index is 1.51.